The number of para-hydroxylation sites is 4. The second-order valence-corrected chi connectivity index (χ2v) is 10.9. The minimum absolute atomic E-state index is 0.933. The summed E-state index contributed by atoms with van der Waals surface area (Å²) in [5.41, 5.74) is 9.42. The monoisotopic (exact) mass is 494 g/mol. The smallest absolute Gasteiger partial charge is 0.160 e. The predicted octanol–water partition coefficient (Wildman–Crippen LogP) is 9.89. The van der Waals surface area contributed by atoms with Crippen LogP contribution in [0, 0.1) is 0 Å². The molecule has 0 amide bonds. The molecule has 178 valence electrons. The van der Waals surface area contributed by atoms with Gasteiger partial charge in [-0.3, -0.25) is 0 Å². The highest BCUT2D eigenvalue weighted by Gasteiger charge is 2.26. The molecule has 0 saturated heterocycles. The molecule has 0 unspecified atom stereocenters. The van der Waals surface area contributed by atoms with Gasteiger partial charge in [-0.05, 0) is 30.3 Å². The lowest BCUT2D eigenvalue weighted by molar-refractivity contribution is 0.671. The summed E-state index contributed by atoms with van der Waals surface area (Å²) in [4.78, 5) is 0. The lowest BCUT2D eigenvalue weighted by Gasteiger charge is -2.02. The van der Waals surface area contributed by atoms with Crippen molar-refractivity contribution in [2.24, 2.45) is 0 Å². The lowest BCUT2D eigenvalue weighted by atomic mass is 10.0. The molecule has 11 rings (SSSR count). The predicted molar refractivity (Wildman–Crippen MR) is 163 cm³/mol. The molecule has 0 saturated carbocycles. The van der Waals surface area contributed by atoms with Crippen molar-refractivity contribution >= 4 is 98.1 Å². The number of benzene rings is 6. The lowest BCUT2D eigenvalue weighted by Crippen LogP contribution is -1.82. The highest BCUT2D eigenvalue weighted by atomic mass is 16.3. The standard InChI is InChI=1S/C36H18N2O/c1-4-13-27-19(8-1)26-18-29-31(32-24-10-2-5-14-28(24)37(27)34(26)32)25-12-7-11-21-22-16-17-23-20-9-3-6-15-30(20)39-36(23)35(22)38(29)33(21)25/h1-18H. The van der Waals surface area contributed by atoms with E-state index in [9.17, 15) is 0 Å². The summed E-state index contributed by atoms with van der Waals surface area (Å²) in [6.07, 6.45) is 0. The molecule has 0 atom stereocenters. The molecule has 5 aromatic heterocycles. The number of aromatic nitrogens is 2. The first kappa shape index (κ1) is 18.9. The van der Waals surface area contributed by atoms with E-state index in [0.717, 1.165) is 22.1 Å². The number of nitrogens with zero attached hydrogens (tertiary/aromatic N) is 2. The molecule has 0 aliphatic rings. The molecule has 6 aromatic carbocycles. The van der Waals surface area contributed by atoms with Crippen LogP contribution in [0.4, 0.5) is 0 Å². The topological polar surface area (TPSA) is 22.0 Å². The second kappa shape index (κ2) is 6.06. The Morgan fingerprint density at radius 1 is 0.385 bits per heavy atom. The summed E-state index contributed by atoms with van der Waals surface area (Å²) in [5, 5.41) is 12.7. The van der Waals surface area contributed by atoms with Crippen LogP contribution < -0.4 is 0 Å². The van der Waals surface area contributed by atoms with E-state index in [4.69, 9.17) is 4.42 Å². The van der Waals surface area contributed by atoms with Gasteiger partial charge in [-0.2, -0.15) is 0 Å². The molecule has 0 N–H and O–H groups in total. The summed E-state index contributed by atoms with van der Waals surface area (Å²) in [5.74, 6) is 0. The molecule has 0 aliphatic heterocycles. The van der Waals surface area contributed by atoms with Gasteiger partial charge in [-0.25, -0.2) is 0 Å². The van der Waals surface area contributed by atoms with Crippen molar-refractivity contribution in [1.29, 1.82) is 0 Å². The van der Waals surface area contributed by atoms with Crippen molar-refractivity contribution in [3.8, 4) is 0 Å². The van der Waals surface area contributed by atoms with Crippen molar-refractivity contribution < 1.29 is 4.42 Å². The molecule has 0 bridgehead atoms. The third-order valence-electron chi connectivity index (χ3n) is 9.16. The van der Waals surface area contributed by atoms with Crippen molar-refractivity contribution in [1.82, 2.24) is 8.80 Å². The zero-order valence-electron chi connectivity index (χ0n) is 20.7. The first-order valence-electron chi connectivity index (χ1n) is 13.5. The first-order valence-corrected chi connectivity index (χ1v) is 13.5. The third kappa shape index (κ3) is 1.92. The van der Waals surface area contributed by atoms with Gasteiger partial charge in [-0.15, -0.1) is 0 Å². The van der Waals surface area contributed by atoms with Crippen LogP contribution in [0.25, 0.3) is 98.1 Å². The van der Waals surface area contributed by atoms with E-state index in [0.29, 0.717) is 0 Å². The average Bonchev–Trinajstić information content (AvgIpc) is 3.76. The van der Waals surface area contributed by atoms with Crippen molar-refractivity contribution in [3.63, 3.8) is 0 Å². The Bertz CT molecular complexity index is 2820. The normalized spacial score (nSPS) is 13.1. The van der Waals surface area contributed by atoms with Gasteiger partial charge in [0.1, 0.15) is 5.58 Å². The summed E-state index contributed by atoms with van der Waals surface area (Å²) < 4.78 is 11.6. The van der Waals surface area contributed by atoms with Gasteiger partial charge in [0.15, 0.2) is 5.58 Å². The fourth-order valence-corrected chi connectivity index (χ4v) is 7.72. The van der Waals surface area contributed by atoms with Crippen LogP contribution in [-0.4, -0.2) is 8.80 Å². The molecule has 3 heteroatoms. The Kier molecular flexibility index (Phi) is 2.93. The number of fused-ring (bicyclic) bond motifs is 17. The van der Waals surface area contributed by atoms with Crippen LogP contribution in [0.3, 0.4) is 0 Å². The van der Waals surface area contributed by atoms with Crippen molar-refractivity contribution in [2.75, 3.05) is 0 Å². The molecular weight excluding hydrogens is 476 g/mol. The van der Waals surface area contributed by atoms with Crippen LogP contribution in [0.15, 0.2) is 114 Å². The maximum atomic E-state index is 6.62. The Balaban J connectivity index is 1.53. The second-order valence-electron chi connectivity index (χ2n) is 10.9. The van der Waals surface area contributed by atoms with Crippen molar-refractivity contribution in [2.45, 2.75) is 0 Å². The van der Waals surface area contributed by atoms with E-state index in [2.05, 4.69) is 118 Å². The zero-order chi connectivity index (χ0) is 25.0. The van der Waals surface area contributed by atoms with Crippen LogP contribution in [0.5, 0.6) is 0 Å². The van der Waals surface area contributed by atoms with Gasteiger partial charge in [0.25, 0.3) is 0 Å². The molecule has 39 heavy (non-hydrogen) atoms. The number of rotatable bonds is 0. The Morgan fingerprint density at radius 3 is 1.95 bits per heavy atom. The molecule has 3 nitrogen and oxygen atoms in total. The largest absolute Gasteiger partial charge is 0.454 e. The molecular formula is C36H18N2O. The Morgan fingerprint density at radius 2 is 1.05 bits per heavy atom. The quantitative estimate of drug-likeness (QED) is 0.206. The van der Waals surface area contributed by atoms with E-state index >= 15 is 0 Å². The van der Waals surface area contributed by atoms with Gasteiger partial charge >= 0.3 is 0 Å². The highest BCUT2D eigenvalue weighted by molar-refractivity contribution is 6.38. The minimum atomic E-state index is 0.933. The summed E-state index contributed by atoms with van der Waals surface area (Å²) in [6.45, 7) is 0. The number of furan rings is 1. The van der Waals surface area contributed by atoms with E-state index in [1.165, 1.54) is 76.1 Å². The van der Waals surface area contributed by atoms with Gasteiger partial charge in [0.05, 0.1) is 33.1 Å². The summed E-state index contributed by atoms with van der Waals surface area (Å²) in [6, 6.07) is 39.8. The fourth-order valence-electron chi connectivity index (χ4n) is 7.72. The van der Waals surface area contributed by atoms with Crippen LogP contribution in [0.1, 0.15) is 0 Å². The maximum Gasteiger partial charge on any atom is 0.160 e. The molecule has 5 heterocycles. The number of hydrogen-bond acceptors (Lipinski definition) is 1. The zero-order valence-corrected chi connectivity index (χ0v) is 20.7. The van der Waals surface area contributed by atoms with E-state index in [1.54, 1.807) is 0 Å². The van der Waals surface area contributed by atoms with Gasteiger partial charge in [0.2, 0.25) is 0 Å². The van der Waals surface area contributed by atoms with Crippen LogP contribution >= 0.6 is 0 Å². The van der Waals surface area contributed by atoms with Gasteiger partial charge < -0.3 is 13.2 Å². The number of hydrogen-bond donors (Lipinski definition) is 0. The minimum Gasteiger partial charge on any atom is -0.454 e. The Labute approximate surface area is 220 Å². The van der Waals surface area contributed by atoms with Crippen LogP contribution in [-0.2, 0) is 0 Å². The molecule has 11 aromatic rings. The molecule has 0 aliphatic carbocycles. The maximum absolute atomic E-state index is 6.62. The molecule has 0 radical (unpaired) electrons. The summed E-state index contributed by atoms with van der Waals surface area (Å²) >= 11 is 0. The average molecular weight is 495 g/mol. The van der Waals surface area contributed by atoms with E-state index in [1.807, 2.05) is 0 Å². The fraction of sp³-hybridized carbons (Fsp3) is 0. The van der Waals surface area contributed by atoms with E-state index in [-0.39, 0.29) is 0 Å². The molecule has 0 spiro atoms. The first-order chi connectivity index (χ1) is 19.4. The third-order valence-corrected chi connectivity index (χ3v) is 9.16. The van der Waals surface area contributed by atoms with E-state index < -0.39 is 0 Å². The van der Waals surface area contributed by atoms with Gasteiger partial charge in [0, 0.05) is 53.9 Å². The SMILES string of the molecule is c1ccc2c(c1)oc1c2ccc2c3cccc4c5c6c7ccccc7n7c8ccccc8c(cc5n(c34)c21)c67. The molecule has 0 fully saturated rings. The highest BCUT2D eigenvalue weighted by Crippen LogP contribution is 2.49. The van der Waals surface area contributed by atoms with Crippen molar-refractivity contribution in [3.05, 3.63) is 109 Å². The van der Waals surface area contributed by atoms with Crippen LogP contribution in [0.2, 0.25) is 0 Å². The van der Waals surface area contributed by atoms with Gasteiger partial charge in [-0.1, -0.05) is 78.9 Å². The Hall–Kier alpha value is -5.28. The summed E-state index contributed by atoms with van der Waals surface area (Å²) in [7, 11) is 0.